The molecule has 0 spiro atoms. The molecule has 0 unspecified atom stereocenters. The standard InChI is InChI=1S/C18H16N2O3/c1-11-6-2-4-8-14(11)19-16(21)10-13-12-7-3-5-9-15(12)20-17(13)18(22)23/h2-9,20H,10H2,1H3,(H,19,21)(H,22,23). The summed E-state index contributed by atoms with van der Waals surface area (Å²) in [7, 11) is 0. The number of aromatic amines is 1. The molecule has 3 rings (SSSR count). The molecule has 2 aromatic carbocycles. The zero-order valence-corrected chi connectivity index (χ0v) is 12.6. The van der Waals surface area contributed by atoms with Gasteiger partial charge < -0.3 is 15.4 Å². The summed E-state index contributed by atoms with van der Waals surface area (Å²) in [6.07, 6.45) is -0.0000189. The number of H-pyrrole nitrogens is 1. The average molecular weight is 308 g/mol. The van der Waals surface area contributed by atoms with E-state index in [1.807, 2.05) is 49.4 Å². The fraction of sp³-hybridized carbons (Fsp3) is 0.111. The van der Waals surface area contributed by atoms with E-state index in [2.05, 4.69) is 10.3 Å². The van der Waals surface area contributed by atoms with Gasteiger partial charge in [-0.2, -0.15) is 0 Å². The first-order valence-corrected chi connectivity index (χ1v) is 7.24. The molecule has 0 fully saturated rings. The average Bonchev–Trinajstić information content (AvgIpc) is 2.89. The number of amides is 1. The van der Waals surface area contributed by atoms with Crippen LogP contribution in [0.25, 0.3) is 10.9 Å². The Bertz CT molecular complexity index is 896. The molecule has 0 aliphatic rings. The van der Waals surface area contributed by atoms with Crippen LogP contribution in [-0.4, -0.2) is 22.0 Å². The molecule has 5 nitrogen and oxygen atoms in total. The van der Waals surface area contributed by atoms with Crippen molar-refractivity contribution in [2.45, 2.75) is 13.3 Å². The molecular formula is C18H16N2O3. The molecule has 1 aromatic heterocycles. The molecule has 0 bridgehead atoms. The number of benzene rings is 2. The van der Waals surface area contributed by atoms with Crippen molar-refractivity contribution < 1.29 is 14.7 Å². The van der Waals surface area contributed by atoms with Crippen molar-refractivity contribution in [2.75, 3.05) is 5.32 Å². The predicted molar refractivity (Wildman–Crippen MR) is 88.8 cm³/mol. The molecule has 3 aromatic rings. The maximum absolute atomic E-state index is 12.3. The van der Waals surface area contributed by atoms with E-state index in [1.54, 1.807) is 6.07 Å². The highest BCUT2D eigenvalue weighted by atomic mass is 16.4. The van der Waals surface area contributed by atoms with Crippen molar-refractivity contribution in [2.24, 2.45) is 0 Å². The van der Waals surface area contributed by atoms with E-state index >= 15 is 0 Å². The molecule has 23 heavy (non-hydrogen) atoms. The molecule has 0 saturated carbocycles. The third kappa shape index (κ3) is 2.94. The van der Waals surface area contributed by atoms with Crippen LogP contribution in [-0.2, 0) is 11.2 Å². The quantitative estimate of drug-likeness (QED) is 0.691. The summed E-state index contributed by atoms with van der Waals surface area (Å²) in [5, 5.41) is 12.9. The van der Waals surface area contributed by atoms with Crippen LogP contribution in [0.5, 0.6) is 0 Å². The van der Waals surface area contributed by atoms with E-state index in [4.69, 9.17) is 0 Å². The van der Waals surface area contributed by atoms with Gasteiger partial charge in [0.25, 0.3) is 0 Å². The van der Waals surface area contributed by atoms with Crippen molar-refractivity contribution in [3.8, 4) is 0 Å². The number of anilines is 1. The van der Waals surface area contributed by atoms with Crippen LogP contribution in [0.1, 0.15) is 21.6 Å². The number of carboxylic acid groups (broad SMARTS) is 1. The number of nitrogens with one attached hydrogen (secondary N) is 2. The fourth-order valence-corrected chi connectivity index (χ4v) is 2.63. The Kier molecular flexibility index (Phi) is 3.85. The van der Waals surface area contributed by atoms with E-state index in [1.165, 1.54) is 0 Å². The van der Waals surface area contributed by atoms with Gasteiger partial charge in [-0.3, -0.25) is 4.79 Å². The summed E-state index contributed by atoms with van der Waals surface area (Å²) in [4.78, 5) is 26.6. The Labute approximate surface area is 133 Å². The molecule has 1 amide bonds. The minimum absolute atomic E-state index is 0.0000189. The summed E-state index contributed by atoms with van der Waals surface area (Å²) in [5.74, 6) is -1.31. The number of aryl methyl sites for hydroxylation is 1. The van der Waals surface area contributed by atoms with E-state index in [0.29, 0.717) is 11.1 Å². The van der Waals surface area contributed by atoms with E-state index in [-0.39, 0.29) is 18.0 Å². The molecule has 0 saturated heterocycles. The zero-order valence-electron chi connectivity index (χ0n) is 12.6. The van der Waals surface area contributed by atoms with Gasteiger partial charge in [0.2, 0.25) is 5.91 Å². The molecule has 0 radical (unpaired) electrons. The monoisotopic (exact) mass is 308 g/mol. The van der Waals surface area contributed by atoms with Gasteiger partial charge in [-0.05, 0) is 24.6 Å². The van der Waals surface area contributed by atoms with E-state index < -0.39 is 5.97 Å². The Morgan fingerprint density at radius 1 is 1.09 bits per heavy atom. The smallest absolute Gasteiger partial charge is 0.352 e. The Morgan fingerprint density at radius 2 is 1.78 bits per heavy atom. The van der Waals surface area contributed by atoms with Crippen LogP contribution < -0.4 is 5.32 Å². The van der Waals surface area contributed by atoms with Gasteiger partial charge >= 0.3 is 5.97 Å². The molecule has 0 atom stereocenters. The highest BCUT2D eigenvalue weighted by Gasteiger charge is 2.19. The highest BCUT2D eigenvalue weighted by molar-refractivity contribution is 6.02. The molecule has 1 heterocycles. The topological polar surface area (TPSA) is 82.2 Å². The van der Waals surface area contributed by atoms with Crippen LogP contribution in [0.4, 0.5) is 5.69 Å². The lowest BCUT2D eigenvalue weighted by Gasteiger charge is -2.08. The summed E-state index contributed by atoms with van der Waals surface area (Å²) < 4.78 is 0. The molecule has 3 N–H and O–H groups in total. The largest absolute Gasteiger partial charge is 0.477 e. The third-order valence-electron chi connectivity index (χ3n) is 3.78. The lowest BCUT2D eigenvalue weighted by molar-refractivity contribution is -0.115. The Morgan fingerprint density at radius 3 is 2.52 bits per heavy atom. The van der Waals surface area contributed by atoms with Crippen molar-refractivity contribution >= 4 is 28.5 Å². The van der Waals surface area contributed by atoms with Gasteiger partial charge in [0.05, 0.1) is 6.42 Å². The van der Waals surface area contributed by atoms with Crippen LogP contribution in [0.15, 0.2) is 48.5 Å². The number of carboxylic acids is 1. The number of para-hydroxylation sites is 2. The number of aromatic nitrogens is 1. The van der Waals surface area contributed by atoms with Gasteiger partial charge in [-0.15, -0.1) is 0 Å². The molecule has 116 valence electrons. The number of carbonyl (C=O) groups excluding carboxylic acids is 1. The molecule has 0 aliphatic carbocycles. The highest BCUT2D eigenvalue weighted by Crippen LogP contribution is 2.23. The zero-order chi connectivity index (χ0) is 16.4. The van der Waals surface area contributed by atoms with Gasteiger partial charge in [-0.25, -0.2) is 4.79 Å². The molecule has 0 aliphatic heterocycles. The number of hydrogen-bond donors (Lipinski definition) is 3. The predicted octanol–water partition coefficient (Wildman–Crippen LogP) is 3.36. The summed E-state index contributed by atoms with van der Waals surface area (Å²) in [6.45, 7) is 1.91. The molecule has 5 heteroatoms. The lowest BCUT2D eigenvalue weighted by atomic mass is 10.1. The van der Waals surface area contributed by atoms with Crippen molar-refractivity contribution in [3.05, 3.63) is 65.4 Å². The Balaban J connectivity index is 1.92. The second kappa shape index (κ2) is 5.96. The summed E-state index contributed by atoms with van der Waals surface area (Å²) in [6, 6.07) is 14.7. The Hall–Kier alpha value is -3.08. The van der Waals surface area contributed by atoms with Gasteiger partial charge in [0.15, 0.2) is 0 Å². The SMILES string of the molecule is Cc1ccccc1NC(=O)Cc1c(C(=O)O)[nH]c2ccccc12. The lowest BCUT2D eigenvalue weighted by Crippen LogP contribution is -2.16. The van der Waals surface area contributed by atoms with Crippen LogP contribution >= 0.6 is 0 Å². The first-order chi connectivity index (χ1) is 11.1. The van der Waals surface area contributed by atoms with Crippen molar-refractivity contribution in [1.82, 2.24) is 4.98 Å². The summed E-state index contributed by atoms with van der Waals surface area (Å²) >= 11 is 0. The maximum atomic E-state index is 12.3. The maximum Gasteiger partial charge on any atom is 0.352 e. The first-order valence-electron chi connectivity index (χ1n) is 7.24. The van der Waals surface area contributed by atoms with Gasteiger partial charge in [-0.1, -0.05) is 36.4 Å². The third-order valence-corrected chi connectivity index (χ3v) is 3.78. The summed E-state index contributed by atoms with van der Waals surface area (Å²) in [5.41, 5.74) is 2.96. The minimum Gasteiger partial charge on any atom is -0.477 e. The van der Waals surface area contributed by atoms with Crippen LogP contribution in [0.3, 0.4) is 0 Å². The first kappa shape index (κ1) is 14.8. The second-order valence-corrected chi connectivity index (χ2v) is 5.37. The van der Waals surface area contributed by atoms with Gasteiger partial charge in [0, 0.05) is 22.2 Å². The van der Waals surface area contributed by atoms with Crippen molar-refractivity contribution in [3.63, 3.8) is 0 Å². The van der Waals surface area contributed by atoms with E-state index in [9.17, 15) is 14.7 Å². The fourth-order valence-electron chi connectivity index (χ4n) is 2.63. The van der Waals surface area contributed by atoms with Gasteiger partial charge in [0.1, 0.15) is 5.69 Å². The number of rotatable bonds is 4. The molecular weight excluding hydrogens is 292 g/mol. The van der Waals surface area contributed by atoms with Crippen LogP contribution in [0, 0.1) is 6.92 Å². The van der Waals surface area contributed by atoms with Crippen LogP contribution in [0.2, 0.25) is 0 Å². The number of aromatic carboxylic acids is 1. The van der Waals surface area contributed by atoms with E-state index in [0.717, 1.165) is 16.6 Å². The number of fused-ring (bicyclic) bond motifs is 1. The number of carbonyl (C=O) groups is 2. The minimum atomic E-state index is -1.07. The second-order valence-electron chi connectivity index (χ2n) is 5.37. The normalized spacial score (nSPS) is 10.7. The van der Waals surface area contributed by atoms with Crippen molar-refractivity contribution in [1.29, 1.82) is 0 Å². The number of hydrogen-bond acceptors (Lipinski definition) is 2.